The Balaban J connectivity index is 0.879. The van der Waals surface area contributed by atoms with Gasteiger partial charge in [0.05, 0.1) is 33.1 Å². The van der Waals surface area contributed by atoms with Gasteiger partial charge in [0.1, 0.15) is 6.07 Å². The topological polar surface area (TPSA) is 159 Å². The highest BCUT2D eigenvalue weighted by Gasteiger charge is 2.57. The van der Waals surface area contributed by atoms with Crippen LogP contribution in [-0.2, 0) is 56.0 Å². The number of carboxylic acids is 1. The van der Waals surface area contributed by atoms with Crippen molar-refractivity contribution in [3.05, 3.63) is 87.0 Å². The molecule has 0 unspecified atom stereocenters. The van der Waals surface area contributed by atoms with E-state index in [1.165, 1.54) is 0 Å². The van der Waals surface area contributed by atoms with Crippen molar-refractivity contribution >= 4 is 34.9 Å². The molecule has 3 fully saturated rings. The molecular formula is C45H51ClN8O5. The second-order valence-corrected chi connectivity index (χ2v) is 17.9. The maximum Gasteiger partial charge on any atom is 0.309 e. The van der Waals surface area contributed by atoms with E-state index in [4.69, 9.17) is 26.3 Å². The van der Waals surface area contributed by atoms with Crippen LogP contribution in [0.4, 0.5) is 5.69 Å². The average molecular weight is 819 g/mol. The van der Waals surface area contributed by atoms with Crippen LogP contribution in [0.1, 0.15) is 107 Å². The Morgan fingerprint density at radius 2 is 1.61 bits per heavy atom. The number of nitrogens with zero attached hydrogens (tertiary/aromatic N) is 7. The minimum atomic E-state index is -0.631. The van der Waals surface area contributed by atoms with E-state index in [2.05, 4.69) is 21.2 Å². The highest BCUT2D eigenvalue weighted by molar-refractivity contribution is 6.36. The predicted octanol–water partition coefficient (Wildman–Crippen LogP) is 6.34. The van der Waals surface area contributed by atoms with Gasteiger partial charge in [-0.3, -0.25) is 24.2 Å². The number of rotatable bonds is 11. The van der Waals surface area contributed by atoms with Crippen molar-refractivity contribution in [2.45, 2.75) is 89.8 Å². The molecule has 0 spiro atoms. The number of carbonyl (C=O) groups excluding carboxylic acids is 2. The number of imidazole rings is 2. The van der Waals surface area contributed by atoms with Crippen molar-refractivity contribution in [1.29, 1.82) is 5.26 Å². The first kappa shape index (κ1) is 39.6. The van der Waals surface area contributed by atoms with Gasteiger partial charge in [-0.2, -0.15) is 5.26 Å². The van der Waals surface area contributed by atoms with Crippen molar-refractivity contribution in [2.24, 2.45) is 24.9 Å². The van der Waals surface area contributed by atoms with Gasteiger partial charge in [0, 0.05) is 101 Å². The number of carboxylic acid groups (broad SMARTS) is 1. The summed E-state index contributed by atoms with van der Waals surface area (Å²) < 4.78 is 9.35. The summed E-state index contributed by atoms with van der Waals surface area (Å²) in [6, 6.07) is 13.5. The fraction of sp³-hybridized carbons (Fsp3) is 0.511. The standard InChI is InChI=1S/C45H51ClN8O5/c1-51-37-10-19-54(29-11-21-59-22-12-29)26-35(37)48-40(51)38(55)23-28-5-3-6-30(32(28)24-47)31-7-4-8-33(39(31)46)50-42(56)41-49-34-25-53(18-9-36(34)52(41)2)20-17-44-13-15-45(27-44,16-14-44)43(57)58/h3-8,29H,9-23,25-27H2,1-2H3,(H,50,56)(H,57,58). The molecule has 2 saturated carbocycles. The molecule has 13 nitrogen and oxygen atoms in total. The van der Waals surface area contributed by atoms with Crippen LogP contribution in [0.25, 0.3) is 11.1 Å². The van der Waals surface area contributed by atoms with E-state index >= 15 is 0 Å². The first-order valence-electron chi connectivity index (χ1n) is 21.0. The number of nitriles is 1. The Hall–Kier alpha value is -4.87. The quantitative estimate of drug-likeness (QED) is 0.164. The van der Waals surface area contributed by atoms with Crippen LogP contribution in [-0.4, -0.2) is 90.6 Å². The summed E-state index contributed by atoms with van der Waals surface area (Å²) in [4.78, 5) is 54.1. The van der Waals surface area contributed by atoms with Crippen LogP contribution in [0.15, 0.2) is 36.4 Å². The lowest BCUT2D eigenvalue weighted by atomic mass is 9.80. The van der Waals surface area contributed by atoms with Crippen molar-refractivity contribution in [3.63, 3.8) is 0 Å². The van der Waals surface area contributed by atoms with Gasteiger partial charge in [0.2, 0.25) is 5.78 Å². The van der Waals surface area contributed by atoms with Crippen molar-refractivity contribution in [1.82, 2.24) is 28.9 Å². The van der Waals surface area contributed by atoms with E-state index in [0.29, 0.717) is 58.7 Å². The van der Waals surface area contributed by atoms with E-state index in [0.717, 1.165) is 120 Å². The zero-order valence-electron chi connectivity index (χ0n) is 33.9. The first-order valence-corrected chi connectivity index (χ1v) is 21.4. The smallest absolute Gasteiger partial charge is 0.309 e. The third-order valence-electron chi connectivity index (χ3n) is 14.3. The van der Waals surface area contributed by atoms with Crippen molar-refractivity contribution < 1.29 is 24.2 Å². The van der Waals surface area contributed by atoms with Crippen LogP contribution in [0.5, 0.6) is 0 Å². The van der Waals surface area contributed by atoms with Crippen LogP contribution in [0.3, 0.4) is 0 Å². The molecular weight excluding hydrogens is 768 g/mol. The molecule has 4 aromatic rings. The number of hydrogen-bond acceptors (Lipinski definition) is 9. The Labute approximate surface area is 349 Å². The normalized spacial score (nSPS) is 23.2. The number of benzene rings is 2. The molecule has 1 amide bonds. The Morgan fingerprint density at radius 1 is 0.932 bits per heavy atom. The summed E-state index contributed by atoms with van der Waals surface area (Å²) in [6.07, 6.45) is 8.95. The number of nitrogens with one attached hydrogen (secondary N) is 1. The minimum absolute atomic E-state index is 0.00569. The third kappa shape index (κ3) is 7.18. The molecule has 2 bridgehead atoms. The van der Waals surface area contributed by atoms with E-state index in [1.54, 1.807) is 18.2 Å². The molecule has 0 radical (unpaired) electrons. The fourth-order valence-corrected chi connectivity index (χ4v) is 11.1. The summed E-state index contributed by atoms with van der Waals surface area (Å²) in [5, 5.41) is 23.6. The fourth-order valence-electron chi connectivity index (χ4n) is 10.9. The second-order valence-electron chi connectivity index (χ2n) is 17.6. The van der Waals surface area contributed by atoms with Gasteiger partial charge >= 0.3 is 5.97 Å². The molecule has 3 aliphatic heterocycles. The molecule has 59 heavy (non-hydrogen) atoms. The highest BCUT2D eigenvalue weighted by atomic mass is 35.5. The summed E-state index contributed by atoms with van der Waals surface area (Å²) in [7, 11) is 3.77. The predicted molar refractivity (Wildman–Crippen MR) is 221 cm³/mol. The molecule has 308 valence electrons. The molecule has 2 aromatic heterocycles. The van der Waals surface area contributed by atoms with Gasteiger partial charge in [0.15, 0.2) is 11.6 Å². The number of fused-ring (bicyclic) bond motifs is 4. The van der Waals surface area contributed by atoms with Gasteiger partial charge in [-0.05, 0) is 75.0 Å². The van der Waals surface area contributed by atoms with E-state index in [1.807, 2.05) is 41.4 Å². The Morgan fingerprint density at radius 3 is 2.34 bits per heavy atom. The van der Waals surface area contributed by atoms with Crippen LogP contribution in [0, 0.1) is 22.2 Å². The second kappa shape index (κ2) is 15.6. The summed E-state index contributed by atoms with van der Waals surface area (Å²) in [5.74, 6) is -0.485. The number of hydrogen-bond donors (Lipinski definition) is 2. The molecule has 2 aromatic carbocycles. The average Bonchev–Trinajstić information content (AvgIpc) is 4.01. The number of carbonyl (C=O) groups is 3. The van der Waals surface area contributed by atoms with Crippen molar-refractivity contribution in [3.8, 4) is 17.2 Å². The van der Waals surface area contributed by atoms with Gasteiger partial charge in [-0.15, -0.1) is 0 Å². The SMILES string of the molecule is Cn1c(C(=O)Cc2cccc(-c3cccc(NC(=O)c4nc5c(n4C)CCN(CCC46CCC(C(=O)O)(CC4)C6)C5)c3Cl)c2C#N)nc2c1CCN(C1CCOCC1)C2. The van der Waals surface area contributed by atoms with E-state index in [9.17, 15) is 24.8 Å². The van der Waals surface area contributed by atoms with E-state index in [-0.39, 0.29) is 28.5 Å². The number of Topliss-reactive ketones (excluding diaryl/α,β-unsaturated/α-hetero) is 1. The lowest BCUT2D eigenvalue weighted by Gasteiger charge is -2.36. The largest absolute Gasteiger partial charge is 0.481 e. The lowest BCUT2D eigenvalue weighted by molar-refractivity contribution is -0.148. The maximum atomic E-state index is 13.9. The van der Waals surface area contributed by atoms with Crippen LogP contribution >= 0.6 is 11.6 Å². The minimum Gasteiger partial charge on any atom is -0.481 e. The lowest BCUT2D eigenvalue weighted by Crippen LogP contribution is -2.42. The zero-order valence-corrected chi connectivity index (χ0v) is 34.6. The number of halogens is 1. The summed E-state index contributed by atoms with van der Waals surface area (Å²) in [5.41, 5.74) is 6.01. The number of amides is 1. The summed E-state index contributed by atoms with van der Waals surface area (Å²) in [6.45, 7) is 5.57. The molecule has 2 N–H and O–H groups in total. The maximum absolute atomic E-state index is 13.9. The van der Waals surface area contributed by atoms with Gasteiger partial charge < -0.3 is 24.3 Å². The number of aliphatic carboxylic acids is 1. The Kier molecular flexibility index (Phi) is 10.5. The number of aromatic nitrogens is 4. The molecule has 0 atom stereocenters. The third-order valence-corrected chi connectivity index (χ3v) is 14.7. The Bertz CT molecular complexity index is 2380. The number of ether oxygens (including phenoxy) is 1. The molecule has 14 heteroatoms. The monoisotopic (exact) mass is 818 g/mol. The van der Waals surface area contributed by atoms with Gasteiger partial charge in [0.25, 0.3) is 5.91 Å². The number of ketones is 1. The van der Waals surface area contributed by atoms with Crippen LogP contribution in [0.2, 0.25) is 5.02 Å². The van der Waals surface area contributed by atoms with Gasteiger partial charge in [-0.1, -0.05) is 41.9 Å². The molecule has 1 saturated heterocycles. The highest BCUT2D eigenvalue weighted by Crippen LogP contribution is 2.63. The molecule has 5 heterocycles. The molecule has 5 aliphatic rings. The molecule has 9 rings (SSSR count). The van der Waals surface area contributed by atoms with Crippen molar-refractivity contribution in [2.75, 3.05) is 38.2 Å². The van der Waals surface area contributed by atoms with Crippen LogP contribution < -0.4 is 5.32 Å². The first-order chi connectivity index (χ1) is 28.5. The number of anilines is 1. The van der Waals surface area contributed by atoms with E-state index < -0.39 is 11.4 Å². The summed E-state index contributed by atoms with van der Waals surface area (Å²) >= 11 is 7.02. The zero-order chi connectivity index (χ0) is 41.1. The van der Waals surface area contributed by atoms with Gasteiger partial charge in [-0.25, -0.2) is 9.97 Å². The molecule has 2 aliphatic carbocycles.